The minimum atomic E-state index is -0.319. The molecule has 5 nitrogen and oxygen atoms in total. The molecule has 0 fully saturated rings. The molecule has 346 valence electrons. The summed E-state index contributed by atoms with van der Waals surface area (Å²) in [5.74, 6) is 0.211. The molecule has 0 unspecified atom stereocenters. The van der Waals surface area contributed by atoms with Gasteiger partial charge in [-0.2, -0.15) is 0 Å². The number of aliphatic imine (C=N–C) groups is 1. The molecule has 0 saturated heterocycles. The van der Waals surface area contributed by atoms with Crippen LogP contribution in [-0.4, -0.2) is 67.2 Å². The Morgan fingerprint density at radius 2 is 0.719 bits per heavy atom. The minimum absolute atomic E-state index is 0.0237. The van der Waals surface area contributed by atoms with Gasteiger partial charge in [-0.05, 0) is 141 Å². The number of nitrogens with zero attached hydrogens (tertiary/aromatic N) is 3. The Bertz CT molecular complexity index is 1080. The maximum absolute atomic E-state index is 12.4. The average Bonchev–Trinajstić information content (AvgIpc) is 2.78. The number of hydrogen-bond donors (Lipinski definition) is 1. The van der Waals surface area contributed by atoms with Crippen LogP contribution in [0, 0.1) is 32.5 Å². The second-order valence-corrected chi connectivity index (χ2v) is 29.4. The largest absolute Gasteiger partial charge is 0.333 e. The van der Waals surface area contributed by atoms with Gasteiger partial charge in [-0.15, -0.1) is 0 Å². The van der Waals surface area contributed by atoms with Crippen molar-refractivity contribution >= 4 is 11.6 Å². The lowest BCUT2D eigenvalue weighted by Crippen LogP contribution is -2.58. The van der Waals surface area contributed by atoms with Crippen molar-refractivity contribution in [3.05, 3.63) is 0 Å². The van der Waals surface area contributed by atoms with Gasteiger partial charge in [-0.1, -0.05) is 125 Å². The molecule has 0 saturated carbocycles. The van der Waals surface area contributed by atoms with Crippen LogP contribution < -0.4 is 5.32 Å². The molecule has 0 aliphatic rings. The highest BCUT2D eigenvalue weighted by molar-refractivity contribution is 5.94. The highest BCUT2D eigenvalue weighted by atomic mass is 16.2. The van der Waals surface area contributed by atoms with Crippen molar-refractivity contribution in [1.82, 2.24) is 15.1 Å². The molecule has 0 rings (SSSR count). The third-order valence-electron chi connectivity index (χ3n) is 8.62. The van der Waals surface area contributed by atoms with Crippen LogP contribution in [0.15, 0.2) is 4.99 Å². The average molecular weight is 809 g/mol. The quantitative estimate of drug-likeness (QED) is 0.283. The monoisotopic (exact) mass is 809 g/mol. The number of nitrogens with one attached hydrogen (secondary N) is 1. The third kappa shape index (κ3) is 29.9. The van der Waals surface area contributed by atoms with E-state index in [4.69, 9.17) is 4.99 Å². The fourth-order valence-corrected chi connectivity index (χ4v) is 7.87. The van der Waals surface area contributed by atoms with Crippen molar-refractivity contribution in [3.63, 3.8) is 0 Å². The predicted molar refractivity (Wildman–Crippen MR) is 263 cm³/mol. The van der Waals surface area contributed by atoms with Gasteiger partial charge in [0.1, 0.15) is 0 Å². The molecule has 5 heteroatoms. The van der Waals surface area contributed by atoms with Gasteiger partial charge in [0.25, 0.3) is 0 Å². The zero-order chi connectivity index (χ0) is 48.0. The summed E-state index contributed by atoms with van der Waals surface area (Å²) in [6, 6.07) is 0.523. The maximum atomic E-state index is 12.4. The molecular formula is C52H112N4O. The molecule has 0 radical (unpaired) electrons. The standard InChI is InChI=1S/C13H27NO.2C13H29N.C13H27N/c1-11(2,3)10(15)14(12(4,5)6)13(7,8)9;1-11(2,3)10-14(12(4,5)6)13(7,8)9;2*1-11(2,3)10(12(4,5)6)14-13(7,8)9/h1-9H3;10H2,1-9H3;10,14H,1-9H3;1-9H3. The van der Waals surface area contributed by atoms with Crippen LogP contribution in [0.3, 0.4) is 0 Å². The number of rotatable bonds is 2. The lowest BCUT2D eigenvalue weighted by molar-refractivity contribution is -0.151. The molecule has 0 aromatic carbocycles. The van der Waals surface area contributed by atoms with Crippen molar-refractivity contribution in [2.75, 3.05) is 6.54 Å². The van der Waals surface area contributed by atoms with Gasteiger partial charge in [0.05, 0.1) is 5.54 Å². The van der Waals surface area contributed by atoms with Crippen LogP contribution in [0.25, 0.3) is 0 Å². The SMILES string of the molecule is CC(C)(C)C(=O)N(C(C)(C)C)C(C)(C)C.CC(C)(C)CN(C(C)(C)C)C(C)(C)C.CC(C)(C)N=C(C(C)(C)C)C(C)(C)C.CC(C)(C)NC(C(C)(C)C)C(C)(C)C. The predicted octanol–water partition coefficient (Wildman–Crippen LogP) is 15.5. The lowest BCUT2D eigenvalue weighted by atomic mass is 9.71. The van der Waals surface area contributed by atoms with E-state index in [0.29, 0.717) is 22.3 Å². The summed E-state index contributed by atoms with van der Waals surface area (Å²) in [4.78, 5) is 21.8. The topological polar surface area (TPSA) is 47.9 Å². The fourth-order valence-electron chi connectivity index (χ4n) is 7.87. The van der Waals surface area contributed by atoms with Crippen molar-refractivity contribution in [2.45, 2.75) is 289 Å². The maximum Gasteiger partial charge on any atom is 0.228 e. The zero-order valence-corrected chi connectivity index (χ0v) is 46.5. The first-order chi connectivity index (χ1) is 23.8. The summed E-state index contributed by atoms with van der Waals surface area (Å²) >= 11 is 0. The van der Waals surface area contributed by atoms with Gasteiger partial charge in [0, 0.05) is 62.2 Å². The van der Waals surface area contributed by atoms with Crippen molar-refractivity contribution in [2.24, 2.45) is 37.5 Å². The van der Waals surface area contributed by atoms with Gasteiger partial charge in [-0.3, -0.25) is 14.7 Å². The highest BCUT2D eigenvalue weighted by Crippen LogP contribution is 2.35. The van der Waals surface area contributed by atoms with E-state index >= 15 is 0 Å². The molecule has 0 aromatic rings. The molecule has 0 aliphatic heterocycles. The molecular weight excluding hydrogens is 697 g/mol. The first-order valence-electron chi connectivity index (χ1n) is 22.3. The minimum Gasteiger partial charge on any atom is -0.333 e. The number of hydrogen-bond acceptors (Lipinski definition) is 4. The summed E-state index contributed by atoms with van der Waals surface area (Å²) < 4.78 is 0. The van der Waals surface area contributed by atoms with Crippen LogP contribution in [0.2, 0.25) is 0 Å². The second kappa shape index (κ2) is 20.3. The molecule has 1 amide bonds. The smallest absolute Gasteiger partial charge is 0.228 e. The normalized spacial score (nSPS) is 14.5. The van der Waals surface area contributed by atoms with Crippen molar-refractivity contribution in [3.8, 4) is 0 Å². The van der Waals surface area contributed by atoms with Gasteiger partial charge in [0.15, 0.2) is 0 Å². The summed E-state index contributed by atoms with van der Waals surface area (Å²) in [7, 11) is 0. The van der Waals surface area contributed by atoms with E-state index in [2.05, 4.69) is 239 Å². The third-order valence-corrected chi connectivity index (χ3v) is 8.62. The van der Waals surface area contributed by atoms with E-state index < -0.39 is 0 Å². The Labute approximate surface area is 362 Å². The van der Waals surface area contributed by atoms with E-state index in [1.54, 1.807) is 0 Å². The van der Waals surface area contributed by atoms with E-state index in [0.717, 1.165) is 6.54 Å². The summed E-state index contributed by atoms with van der Waals surface area (Å²) in [6.07, 6.45) is 0. The summed E-state index contributed by atoms with van der Waals surface area (Å²) in [5, 5.41) is 3.74. The highest BCUT2D eigenvalue weighted by Gasteiger charge is 2.41. The van der Waals surface area contributed by atoms with Gasteiger partial charge in [-0.25, -0.2) is 0 Å². The Hall–Kier alpha value is -0.940. The van der Waals surface area contributed by atoms with Gasteiger partial charge >= 0.3 is 0 Å². The number of carbonyl (C=O) groups excluding carboxylic acids is 1. The molecule has 0 aromatic heterocycles. The molecule has 57 heavy (non-hydrogen) atoms. The molecule has 0 heterocycles. The van der Waals surface area contributed by atoms with E-state index in [1.165, 1.54) is 5.71 Å². The Morgan fingerprint density at radius 1 is 0.439 bits per heavy atom. The van der Waals surface area contributed by atoms with Gasteiger partial charge in [0.2, 0.25) is 5.91 Å². The van der Waals surface area contributed by atoms with Crippen LogP contribution >= 0.6 is 0 Å². The van der Waals surface area contributed by atoms with Crippen molar-refractivity contribution in [1.29, 1.82) is 0 Å². The Kier molecular flexibility index (Phi) is 22.3. The summed E-state index contributed by atoms with van der Waals surface area (Å²) in [5.41, 5.74) is 2.68. The van der Waals surface area contributed by atoms with E-state index in [-0.39, 0.29) is 55.4 Å². The van der Waals surface area contributed by atoms with E-state index in [9.17, 15) is 4.79 Å². The molecule has 1 N–H and O–H groups in total. The van der Waals surface area contributed by atoms with E-state index in [1.807, 2.05) is 25.7 Å². The second-order valence-electron chi connectivity index (χ2n) is 29.4. The zero-order valence-electron chi connectivity index (χ0n) is 46.5. The van der Waals surface area contributed by atoms with Crippen molar-refractivity contribution < 1.29 is 4.79 Å². The summed E-state index contributed by atoms with van der Waals surface area (Å²) in [6.45, 7) is 80.7. The molecule has 0 spiro atoms. The first-order valence-corrected chi connectivity index (χ1v) is 22.3. The molecule has 0 atom stereocenters. The number of amides is 1. The Morgan fingerprint density at radius 3 is 0.789 bits per heavy atom. The first kappa shape index (κ1) is 62.7. The Balaban J connectivity index is -0.000000329. The van der Waals surface area contributed by atoms with Crippen LogP contribution in [0.4, 0.5) is 0 Å². The van der Waals surface area contributed by atoms with Gasteiger partial charge < -0.3 is 10.2 Å². The van der Waals surface area contributed by atoms with Crippen LogP contribution in [-0.2, 0) is 4.79 Å². The molecule has 0 aliphatic carbocycles. The molecule has 0 bridgehead atoms. The number of carbonyl (C=O) groups is 1. The van der Waals surface area contributed by atoms with Crippen LogP contribution in [0.1, 0.15) is 249 Å². The fraction of sp³-hybridized carbons (Fsp3) is 0.962. The lowest BCUT2D eigenvalue weighted by Gasteiger charge is -2.48. The van der Waals surface area contributed by atoms with Crippen LogP contribution in [0.5, 0.6) is 0 Å².